The molecule has 2 aromatic rings. The van der Waals surface area contributed by atoms with Crippen LogP contribution < -0.4 is 10.2 Å². The molecule has 1 aliphatic rings. The Hall–Kier alpha value is -3.75. The number of hydrogen-bond donors (Lipinski definition) is 1. The summed E-state index contributed by atoms with van der Waals surface area (Å²) in [6.45, 7) is 3.50. The number of nitro groups is 1. The molecular formula is C21H21N3O6. The predicted molar refractivity (Wildman–Crippen MR) is 110 cm³/mol. The van der Waals surface area contributed by atoms with E-state index in [2.05, 4.69) is 5.32 Å². The summed E-state index contributed by atoms with van der Waals surface area (Å²) < 4.78 is 5.04. The zero-order valence-electron chi connectivity index (χ0n) is 16.6. The van der Waals surface area contributed by atoms with Crippen molar-refractivity contribution in [3.8, 4) is 0 Å². The highest BCUT2D eigenvalue weighted by molar-refractivity contribution is 5.99. The lowest BCUT2D eigenvalue weighted by atomic mass is 10.1. The van der Waals surface area contributed by atoms with Gasteiger partial charge >= 0.3 is 5.97 Å². The lowest BCUT2D eigenvalue weighted by Gasteiger charge is -2.16. The van der Waals surface area contributed by atoms with Gasteiger partial charge in [0, 0.05) is 24.7 Å². The number of anilines is 2. The van der Waals surface area contributed by atoms with Gasteiger partial charge in [-0.2, -0.15) is 0 Å². The van der Waals surface area contributed by atoms with Crippen LogP contribution in [0.25, 0.3) is 0 Å². The highest BCUT2D eigenvalue weighted by Gasteiger charge is 2.23. The molecule has 1 heterocycles. The van der Waals surface area contributed by atoms with Crippen LogP contribution in [-0.4, -0.2) is 35.9 Å². The first-order valence-corrected chi connectivity index (χ1v) is 9.39. The van der Waals surface area contributed by atoms with Crippen molar-refractivity contribution in [2.24, 2.45) is 0 Å². The van der Waals surface area contributed by atoms with E-state index in [1.807, 2.05) is 0 Å². The summed E-state index contributed by atoms with van der Waals surface area (Å²) in [6.07, 6.45) is 1.23. The van der Waals surface area contributed by atoms with Crippen molar-refractivity contribution in [2.75, 3.05) is 23.4 Å². The quantitative estimate of drug-likeness (QED) is 0.443. The third-order valence-electron chi connectivity index (χ3n) is 4.88. The molecule has 1 aliphatic heterocycles. The van der Waals surface area contributed by atoms with Gasteiger partial charge in [-0.05, 0) is 55.7 Å². The summed E-state index contributed by atoms with van der Waals surface area (Å²) in [5.74, 6) is -1.43. The van der Waals surface area contributed by atoms with Gasteiger partial charge in [0.15, 0.2) is 6.61 Å². The number of amides is 2. The Morgan fingerprint density at radius 3 is 2.60 bits per heavy atom. The Bertz CT molecular complexity index is 1030. The fraction of sp³-hybridized carbons (Fsp3) is 0.286. The number of ether oxygens (including phenoxy) is 1. The third kappa shape index (κ3) is 4.62. The molecule has 1 saturated heterocycles. The second kappa shape index (κ2) is 8.73. The number of aryl methyl sites for hydroxylation is 2. The number of rotatable bonds is 6. The number of nitrogens with one attached hydrogen (secondary N) is 1. The average Bonchev–Trinajstić information content (AvgIpc) is 3.14. The van der Waals surface area contributed by atoms with Crippen molar-refractivity contribution in [3.63, 3.8) is 0 Å². The fourth-order valence-electron chi connectivity index (χ4n) is 3.17. The summed E-state index contributed by atoms with van der Waals surface area (Å²) in [5.41, 5.74) is 2.11. The Labute approximate surface area is 172 Å². The molecular weight excluding hydrogens is 390 g/mol. The highest BCUT2D eigenvalue weighted by atomic mass is 16.6. The van der Waals surface area contributed by atoms with Crippen LogP contribution in [-0.2, 0) is 14.3 Å². The van der Waals surface area contributed by atoms with Crippen molar-refractivity contribution < 1.29 is 24.0 Å². The molecule has 1 N–H and O–H groups in total. The van der Waals surface area contributed by atoms with Crippen LogP contribution in [0.15, 0.2) is 36.4 Å². The predicted octanol–water partition coefficient (Wildman–Crippen LogP) is 3.13. The molecule has 0 spiro atoms. The molecule has 3 rings (SSSR count). The maximum Gasteiger partial charge on any atom is 0.338 e. The minimum Gasteiger partial charge on any atom is -0.452 e. The zero-order valence-corrected chi connectivity index (χ0v) is 16.6. The topological polar surface area (TPSA) is 119 Å². The van der Waals surface area contributed by atoms with E-state index in [4.69, 9.17) is 4.74 Å². The van der Waals surface area contributed by atoms with E-state index in [-0.39, 0.29) is 22.8 Å². The normalized spacial score (nSPS) is 13.3. The molecule has 9 nitrogen and oxygen atoms in total. The minimum absolute atomic E-state index is 0.00474. The number of benzene rings is 2. The lowest BCUT2D eigenvalue weighted by Crippen LogP contribution is -2.24. The molecule has 156 valence electrons. The molecule has 0 bridgehead atoms. The van der Waals surface area contributed by atoms with Crippen molar-refractivity contribution in [1.29, 1.82) is 0 Å². The van der Waals surface area contributed by atoms with Crippen molar-refractivity contribution in [3.05, 3.63) is 63.2 Å². The van der Waals surface area contributed by atoms with Crippen LogP contribution in [0.4, 0.5) is 17.1 Å². The standard InChI is InChI=1S/C21H21N3O6/c1-13-9-17(18(24(28)29)10-14(13)2)22-19(25)12-30-21(27)15-5-3-6-16(11-15)23-8-4-7-20(23)26/h3,5-6,9-11H,4,7-8,12H2,1-2H3,(H,22,25). The number of carbonyl (C=O) groups excluding carboxylic acids is 3. The fourth-order valence-corrected chi connectivity index (χ4v) is 3.17. The summed E-state index contributed by atoms with van der Waals surface area (Å²) in [7, 11) is 0. The first-order valence-electron chi connectivity index (χ1n) is 9.39. The molecule has 9 heteroatoms. The van der Waals surface area contributed by atoms with Crippen LogP contribution in [0.5, 0.6) is 0 Å². The van der Waals surface area contributed by atoms with E-state index in [1.165, 1.54) is 24.3 Å². The van der Waals surface area contributed by atoms with Crippen molar-refractivity contribution >= 4 is 34.8 Å². The first-order chi connectivity index (χ1) is 14.3. The third-order valence-corrected chi connectivity index (χ3v) is 4.88. The van der Waals surface area contributed by atoms with Gasteiger partial charge in [-0.3, -0.25) is 19.7 Å². The second-order valence-electron chi connectivity index (χ2n) is 7.03. The van der Waals surface area contributed by atoms with E-state index in [0.717, 1.165) is 17.5 Å². The van der Waals surface area contributed by atoms with E-state index < -0.39 is 23.4 Å². The summed E-state index contributed by atoms with van der Waals surface area (Å²) in [5, 5.41) is 13.6. The SMILES string of the molecule is Cc1cc(NC(=O)COC(=O)c2cccc(N3CCCC3=O)c2)c([N+](=O)[O-])cc1C. The molecule has 0 unspecified atom stereocenters. The minimum atomic E-state index is -0.728. The van der Waals surface area contributed by atoms with Gasteiger partial charge in [-0.1, -0.05) is 6.07 Å². The largest absolute Gasteiger partial charge is 0.452 e. The van der Waals surface area contributed by atoms with Gasteiger partial charge in [0.1, 0.15) is 5.69 Å². The number of carbonyl (C=O) groups is 3. The zero-order chi connectivity index (χ0) is 21.8. The maximum atomic E-state index is 12.3. The number of esters is 1. The molecule has 0 aliphatic carbocycles. The Balaban J connectivity index is 1.64. The number of nitro benzene ring substituents is 1. The van der Waals surface area contributed by atoms with Crippen LogP contribution in [0.3, 0.4) is 0 Å². The number of hydrogen-bond acceptors (Lipinski definition) is 6. The van der Waals surface area contributed by atoms with E-state index in [0.29, 0.717) is 18.7 Å². The molecule has 1 fully saturated rings. The molecule has 2 aromatic carbocycles. The van der Waals surface area contributed by atoms with Crippen LogP contribution in [0.1, 0.15) is 34.3 Å². The summed E-state index contributed by atoms with van der Waals surface area (Å²) in [4.78, 5) is 48.6. The molecule has 0 aromatic heterocycles. The van der Waals surface area contributed by atoms with E-state index >= 15 is 0 Å². The molecule has 0 radical (unpaired) electrons. The smallest absolute Gasteiger partial charge is 0.338 e. The van der Waals surface area contributed by atoms with Gasteiger partial charge in [-0.25, -0.2) is 4.79 Å². The van der Waals surface area contributed by atoms with Crippen LogP contribution in [0, 0.1) is 24.0 Å². The van der Waals surface area contributed by atoms with Gasteiger partial charge in [0.25, 0.3) is 11.6 Å². The summed E-state index contributed by atoms with van der Waals surface area (Å²) >= 11 is 0. The molecule has 0 saturated carbocycles. The van der Waals surface area contributed by atoms with Crippen molar-refractivity contribution in [2.45, 2.75) is 26.7 Å². The monoisotopic (exact) mass is 411 g/mol. The second-order valence-corrected chi connectivity index (χ2v) is 7.03. The Morgan fingerprint density at radius 1 is 1.20 bits per heavy atom. The maximum absolute atomic E-state index is 12.3. The van der Waals surface area contributed by atoms with Crippen LogP contribution in [0.2, 0.25) is 0 Å². The highest BCUT2D eigenvalue weighted by Crippen LogP contribution is 2.28. The molecule has 2 amide bonds. The van der Waals surface area contributed by atoms with E-state index in [9.17, 15) is 24.5 Å². The summed E-state index contributed by atoms with van der Waals surface area (Å²) in [6, 6.07) is 9.31. The van der Waals surface area contributed by atoms with Gasteiger partial charge < -0.3 is 15.0 Å². The van der Waals surface area contributed by atoms with Gasteiger partial charge in [0.05, 0.1) is 10.5 Å². The molecule has 30 heavy (non-hydrogen) atoms. The Morgan fingerprint density at radius 2 is 1.93 bits per heavy atom. The van der Waals surface area contributed by atoms with Crippen molar-refractivity contribution in [1.82, 2.24) is 0 Å². The van der Waals surface area contributed by atoms with E-state index in [1.54, 1.807) is 30.9 Å². The number of nitrogens with zero attached hydrogens (tertiary/aromatic N) is 2. The molecule has 0 atom stereocenters. The van der Waals surface area contributed by atoms with Crippen LogP contribution >= 0.6 is 0 Å². The Kier molecular flexibility index (Phi) is 6.10. The van der Waals surface area contributed by atoms with Gasteiger partial charge in [-0.15, -0.1) is 0 Å². The van der Waals surface area contributed by atoms with Gasteiger partial charge in [0.2, 0.25) is 5.91 Å². The first kappa shape index (κ1) is 21.0. The lowest BCUT2D eigenvalue weighted by molar-refractivity contribution is -0.384. The average molecular weight is 411 g/mol.